The summed E-state index contributed by atoms with van der Waals surface area (Å²) in [5.74, 6) is -0.308. The predicted octanol–water partition coefficient (Wildman–Crippen LogP) is 2.58. The molecule has 126 valence electrons. The zero-order valence-electron chi connectivity index (χ0n) is 13.9. The number of halogens is 1. The lowest BCUT2D eigenvalue weighted by molar-refractivity contribution is -0.121. The van der Waals surface area contributed by atoms with Gasteiger partial charge in [0.15, 0.2) is 5.11 Å². The highest BCUT2D eigenvalue weighted by Gasteiger charge is 2.32. The molecule has 23 heavy (non-hydrogen) atoms. The van der Waals surface area contributed by atoms with Crippen LogP contribution < -0.4 is 10.6 Å². The van der Waals surface area contributed by atoms with Crippen molar-refractivity contribution in [3.05, 3.63) is 35.6 Å². The maximum Gasteiger partial charge on any atom is 0.222 e. The van der Waals surface area contributed by atoms with Crippen LogP contribution in [0.5, 0.6) is 0 Å². The van der Waals surface area contributed by atoms with Crippen molar-refractivity contribution >= 4 is 23.2 Å². The summed E-state index contributed by atoms with van der Waals surface area (Å²) in [6.07, 6.45) is 1.36. The lowest BCUT2D eigenvalue weighted by Gasteiger charge is -2.44. The number of benzene rings is 1. The van der Waals surface area contributed by atoms with Gasteiger partial charge < -0.3 is 15.5 Å². The predicted molar refractivity (Wildman–Crippen MR) is 93.5 cm³/mol. The number of rotatable bonds is 5. The van der Waals surface area contributed by atoms with E-state index in [2.05, 4.69) is 36.3 Å². The number of amides is 1. The summed E-state index contributed by atoms with van der Waals surface area (Å²) < 4.78 is 12.8. The second-order valence-corrected chi connectivity index (χ2v) is 7.10. The number of carbonyl (C=O) groups excluding carboxylic acids is 1. The topological polar surface area (TPSA) is 44.4 Å². The molecule has 0 radical (unpaired) electrons. The van der Waals surface area contributed by atoms with Gasteiger partial charge in [-0.25, -0.2) is 4.39 Å². The fourth-order valence-electron chi connectivity index (χ4n) is 2.90. The van der Waals surface area contributed by atoms with Gasteiger partial charge in [-0.2, -0.15) is 0 Å². The van der Waals surface area contributed by atoms with Crippen LogP contribution in [0, 0.1) is 5.82 Å². The van der Waals surface area contributed by atoms with Crippen molar-refractivity contribution in [2.24, 2.45) is 0 Å². The van der Waals surface area contributed by atoms with Crippen molar-refractivity contribution in [3.8, 4) is 0 Å². The van der Waals surface area contributed by atoms with Crippen molar-refractivity contribution in [2.75, 3.05) is 6.54 Å². The van der Waals surface area contributed by atoms with Gasteiger partial charge in [-0.05, 0) is 57.1 Å². The third-order valence-electron chi connectivity index (χ3n) is 4.03. The summed E-state index contributed by atoms with van der Waals surface area (Å²) in [6.45, 7) is 7.39. The van der Waals surface area contributed by atoms with Gasteiger partial charge in [-0.3, -0.25) is 4.79 Å². The van der Waals surface area contributed by atoms with Gasteiger partial charge in [0.05, 0.1) is 0 Å². The number of thiocarbonyl (C=S) groups is 1. The number of nitrogens with zero attached hydrogens (tertiary/aromatic N) is 1. The highest BCUT2D eigenvalue weighted by atomic mass is 32.1. The molecule has 1 aromatic carbocycles. The SMILES string of the molecule is C[C@@H]1CC(C)(C)NC(=S)N1CCC(=O)NCc1ccc(F)cc1. The molecule has 6 heteroatoms. The van der Waals surface area contributed by atoms with Crippen molar-refractivity contribution in [1.82, 2.24) is 15.5 Å². The second-order valence-electron chi connectivity index (χ2n) is 6.71. The van der Waals surface area contributed by atoms with Crippen molar-refractivity contribution in [3.63, 3.8) is 0 Å². The minimum Gasteiger partial charge on any atom is -0.358 e. The van der Waals surface area contributed by atoms with Crippen molar-refractivity contribution in [1.29, 1.82) is 0 Å². The van der Waals surface area contributed by atoms with E-state index >= 15 is 0 Å². The van der Waals surface area contributed by atoms with Crippen LogP contribution in [0.2, 0.25) is 0 Å². The van der Waals surface area contributed by atoms with Crippen LogP contribution in [0.15, 0.2) is 24.3 Å². The van der Waals surface area contributed by atoms with Gasteiger partial charge in [-0.15, -0.1) is 0 Å². The van der Waals surface area contributed by atoms with E-state index in [1.54, 1.807) is 12.1 Å². The summed E-state index contributed by atoms with van der Waals surface area (Å²) in [6, 6.07) is 6.43. The van der Waals surface area contributed by atoms with E-state index in [4.69, 9.17) is 12.2 Å². The molecule has 0 unspecified atom stereocenters. The number of nitrogens with one attached hydrogen (secondary N) is 2. The molecule has 1 aliphatic rings. The summed E-state index contributed by atoms with van der Waals surface area (Å²) in [5, 5.41) is 6.87. The van der Waals surface area contributed by atoms with Crippen LogP contribution in [0.4, 0.5) is 4.39 Å². The molecule has 4 nitrogen and oxygen atoms in total. The zero-order chi connectivity index (χ0) is 17.0. The standard InChI is InChI=1S/C17H24FN3OS/c1-12-10-17(2,3)20-16(23)21(12)9-8-15(22)19-11-13-4-6-14(18)7-5-13/h4-7,12H,8-11H2,1-3H3,(H,19,22)(H,20,23)/t12-/m1/s1. The van der Waals surface area contributed by atoms with Gasteiger partial charge in [0.25, 0.3) is 0 Å². The molecular formula is C17H24FN3OS. The van der Waals surface area contributed by atoms with Crippen LogP contribution in [0.3, 0.4) is 0 Å². The lowest BCUT2D eigenvalue weighted by Crippen LogP contribution is -2.60. The zero-order valence-corrected chi connectivity index (χ0v) is 14.7. The summed E-state index contributed by atoms with van der Waals surface area (Å²) in [5.41, 5.74) is 0.878. The average Bonchev–Trinajstić information content (AvgIpc) is 2.44. The fraction of sp³-hybridized carbons (Fsp3) is 0.529. The van der Waals surface area contributed by atoms with E-state index in [1.165, 1.54) is 12.1 Å². The molecule has 1 atom stereocenters. The summed E-state index contributed by atoms with van der Waals surface area (Å²) in [4.78, 5) is 14.1. The quantitative estimate of drug-likeness (QED) is 0.811. The van der Waals surface area contributed by atoms with Crippen LogP contribution in [-0.2, 0) is 11.3 Å². The van der Waals surface area contributed by atoms with Gasteiger partial charge in [0.2, 0.25) is 5.91 Å². The van der Waals surface area contributed by atoms with Gasteiger partial charge in [0, 0.05) is 31.1 Å². The monoisotopic (exact) mass is 337 g/mol. The molecule has 0 saturated carbocycles. The molecule has 0 aromatic heterocycles. The fourth-order valence-corrected chi connectivity index (χ4v) is 3.44. The van der Waals surface area contributed by atoms with Gasteiger partial charge >= 0.3 is 0 Å². The first-order valence-corrected chi connectivity index (χ1v) is 8.27. The largest absolute Gasteiger partial charge is 0.358 e. The van der Waals surface area contributed by atoms with Crippen LogP contribution in [-0.4, -0.2) is 34.0 Å². The van der Waals surface area contributed by atoms with Crippen molar-refractivity contribution < 1.29 is 9.18 Å². The first-order valence-electron chi connectivity index (χ1n) is 7.87. The van der Waals surface area contributed by atoms with Crippen molar-refractivity contribution in [2.45, 2.75) is 51.7 Å². The Morgan fingerprint density at radius 3 is 2.70 bits per heavy atom. The molecule has 0 aliphatic carbocycles. The Balaban J connectivity index is 1.78. The molecule has 2 N–H and O–H groups in total. The van der Waals surface area contributed by atoms with E-state index in [-0.39, 0.29) is 17.3 Å². The molecular weight excluding hydrogens is 313 g/mol. The average molecular weight is 337 g/mol. The van der Waals surface area contributed by atoms with Gasteiger partial charge in [-0.1, -0.05) is 12.1 Å². The normalized spacial score (nSPS) is 20.1. The Kier molecular flexibility index (Phi) is 5.57. The third-order valence-corrected chi connectivity index (χ3v) is 4.36. The van der Waals surface area contributed by atoms with E-state index in [1.807, 2.05) is 0 Å². The van der Waals surface area contributed by atoms with Crippen LogP contribution in [0.25, 0.3) is 0 Å². The van der Waals surface area contributed by atoms with E-state index in [9.17, 15) is 9.18 Å². The Labute approximate surface area is 142 Å². The van der Waals surface area contributed by atoms with E-state index < -0.39 is 0 Å². The maximum absolute atomic E-state index is 12.8. The summed E-state index contributed by atoms with van der Waals surface area (Å²) >= 11 is 5.41. The highest BCUT2D eigenvalue weighted by Crippen LogP contribution is 2.22. The Morgan fingerprint density at radius 2 is 2.09 bits per heavy atom. The minimum absolute atomic E-state index is 0.00214. The Bertz CT molecular complexity index is 574. The van der Waals surface area contributed by atoms with Gasteiger partial charge in [0.1, 0.15) is 5.82 Å². The molecule has 1 amide bonds. The Morgan fingerprint density at radius 1 is 1.43 bits per heavy atom. The number of hydrogen-bond donors (Lipinski definition) is 2. The molecule has 1 heterocycles. The molecule has 0 spiro atoms. The lowest BCUT2D eigenvalue weighted by atomic mass is 9.93. The third kappa shape index (κ3) is 5.16. The number of hydrogen-bond acceptors (Lipinski definition) is 2. The smallest absolute Gasteiger partial charge is 0.222 e. The van der Waals surface area contributed by atoms with E-state index in [0.717, 1.165) is 12.0 Å². The first-order chi connectivity index (χ1) is 10.8. The molecule has 0 bridgehead atoms. The van der Waals surface area contributed by atoms with Crippen LogP contribution >= 0.6 is 12.2 Å². The second kappa shape index (κ2) is 7.25. The summed E-state index contributed by atoms with van der Waals surface area (Å²) in [7, 11) is 0. The highest BCUT2D eigenvalue weighted by molar-refractivity contribution is 7.80. The number of carbonyl (C=O) groups is 1. The minimum atomic E-state index is -0.275. The molecule has 1 fully saturated rings. The molecule has 2 rings (SSSR count). The molecule has 1 aromatic rings. The maximum atomic E-state index is 12.8. The molecule has 1 aliphatic heterocycles. The van der Waals surface area contributed by atoms with Crippen LogP contribution in [0.1, 0.15) is 39.2 Å². The Hall–Kier alpha value is -1.69. The first kappa shape index (κ1) is 17.7. The molecule has 1 saturated heterocycles. The van der Waals surface area contributed by atoms with E-state index in [0.29, 0.717) is 30.7 Å².